The first-order valence-electron chi connectivity index (χ1n) is 9.35. The first-order chi connectivity index (χ1) is 14.4. The third-order valence-corrected chi connectivity index (χ3v) is 5.75. The number of nitrogens with zero attached hydrogens (tertiary/aromatic N) is 4. The van der Waals surface area contributed by atoms with Crippen molar-refractivity contribution in [3.05, 3.63) is 78.4 Å². The summed E-state index contributed by atoms with van der Waals surface area (Å²) in [6.45, 7) is 6.00. The van der Waals surface area contributed by atoms with E-state index < -0.39 is 5.82 Å². The van der Waals surface area contributed by atoms with Gasteiger partial charge in [0.1, 0.15) is 11.6 Å². The highest BCUT2D eigenvalue weighted by Gasteiger charge is 2.21. The summed E-state index contributed by atoms with van der Waals surface area (Å²) in [5, 5.41) is 8.77. The van der Waals surface area contributed by atoms with E-state index in [-0.39, 0.29) is 23.5 Å². The van der Waals surface area contributed by atoms with E-state index in [9.17, 15) is 13.6 Å². The Hall–Kier alpha value is -3.00. The quantitative estimate of drug-likeness (QED) is 0.385. The van der Waals surface area contributed by atoms with E-state index in [0.29, 0.717) is 23.1 Å². The molecule has 3 rings (SSSR count). The average molecular weight is 429 g/mol. The Bertz CT molecular complexity index is 1040. The summed E-state index contributed by atoms with van der Waals surface area (Å²) in [6, 6.07) is 12.2. The van der Waals surface area contributed by atoms with Crippen LogP contribution in [-0.4, -0.2) is 38.4 Å². The Kier molecular flexibility index (Phi) is 6.99. The average Bonchev–Trinajstić information content (AvgIpc) is 3.14. The van der Waals surface area contributed by atoms with Gasteiger partial charge in [0.05, 0.1) is 17.4 Å². The molecule has 0 saturated carbocycles. The second-order valence-corrected chi connectivity index (χ2v) is 7.65. The molecule has 0 fully saturated rings. The van der Waals surface area contributed by atoms with E-state index in [0.717, 1.165) is 5.56 Å². The molecule has 0 N–H and O–H groups in total. The molecule has 156 valence electrons. The van der Waals surface area contributed by atoms with Gasteiger partial charge in [-0.15, -0.1) is 16.8 Å². The van der Waals surface area contributed by atoms with Crippen LogP contribution in [0.25, 0.3) is 11.4 Å². The lowest BCUT2D eigenvalue weighted by molar-refractivity contribution is -0.128. The minimum absolute atomic E-state index is 0.114. The molecule has 0 spiro atoms. The zero-order valence-electron chi connectivity index (χ0n) is 16.8. The van der Waals surface area contributed by atoms with E-state index in [1.807, 2.05) is 6.92 Å². The fourth-order valence-corrected chi connectivity index (χ4v) is 3.81. The van der Waals surface area contributed by atoms with Gasteiger partial charge in [-0.05, 0) is 36.8 Å². The van der Waals surface area contributed by atoms with Crippen molar-refractivity contribution in [2.24, 2.45) is 0 Å². The van der Waals surface area contributed by atoms with Crippen molar-refractivity contribution in [1.82, 2.24) is 19.7 Å². The largest absolute Gasteiger partial charge is 0.338 e. The number of thioether (sulfide) groups is 1. The standard InChI is InChI=1S/C22H22F2N4OS/c1-4-13-28-21(18-7-5-6-8-19(18)24)25-26-22(28)30-14-20(29)27(3)15(2)16-9-11-17(23)12-10-16/h4-12,15H,1,13-14H2,2-3H3. The number of aromatic nitrogens is 3. The highest BCUT2D eigenvalue weighted by Crippen LogP contribution is 2.27. The van der Waals surface area contributed by atoms with Crippen LogP contribution in [0.2, 0.25) is 0 Å². The van der Waals surface area contributed by atoms with Crippen LogP contribution < -0.4 is 0 Å². The third kappa shape index (κ3) is 4.76. The molecule has 30 heavy (non-hydrogen) atoms. The fourth-order valence-electron chi connectivity index (χ4n) is 2.94. The van der Waals surface area contributed by atoms with Gasteiger partial charge in [0.2, 0.25) is 5.91 Å². The van der Waals surface area contributed by atoms with Gasteiger partial charge in [0.15, 0.2) is 11.0 Å². The summed E-state index contributed by atoms with van der Waals surface area (Å²) >= 11 is 1.23. The SMILES string of the molecule is C=CCn1c(SCC(=O)N(C)C(C)c2ccc(F)cc2)nnc1-c1ccccc1F. The second kappa shape index (κ2) is 9.67. The lowest BCUT2D eigenvalue weighted by Crippen LogP contribution is -2.31. The molecule has 0 saturated heterocycles. The lowest BCUT2D eigenvalue weighted by atomic mass is 10.1. The Morgan fingerprint density at radius 2 is 1.90 bits per heavy atom. The van der Waals surface area contributed by atoms with Crippen molar-refractivity contribution in [3.8, 4) is 11.4 Å². The highest BCUT2D eigenvalue weighted by atomic mass is 32.2. The molecule has 1 atom stereocenters. The third-order valence-electron chi connectivity index (χ3n) is 4.79. The summed E-state index contributed by atoms with van der Waals surface area (Å²) < 4.78 is 29.1. The predicted octanol–water partition coefficient (Wildman–Crippen LogP) is 4.72. The van der Waals surface area contributed by atoms with Crippen LogP contribution in [0.3, 0.4) is 0 Å². The number of amides is 1. The van der Waals surface area contributed by atoms with Gasteiger partial charge >= 0.3 is 0 Å². The van der Waals surface area contributed by atoms with E-state index in [1.165, 1.54) is 30.0 Å². The van der Waals surface area contributed by atoms with Crippen molar-refractivity contribution in [1.29, 1.82) is 0 Å². The second-order valence-electron chi connectivity index (χ2n) is 6.71. The first-order valence-corrected chi connectivity index (χ1v) is 10.3. The zero-order chi connectivity index (χ0) is 21.7. The van der Waals surface area contributed by atoms with Crippen LogP contribution in [0.5, 0.6) is 0 Å². The molecule has 0 aliphatic rings. The molecule has 3 aromatic rings. The van der Waals surface area contributed by atoms with Crippen LogP contribution in [-0.2, 0) is 11.3 Å². The van der Waals surface area contributed by atoms with Gasteiger partial charge in [-0.2, -0.15) is 0 Å². The number of halogens is 2. The normalized spacial score (nSPS) is 11.9. The smallest absolute Gasteiger partial charge is 0.233 e. The van der Waals surface area contributed by atoms with Crippen molar-refractivity contribution in [2.45, 2.75) is 24.7 Å². The number of carbonyl (C=O) groups excluding carboxylic acids is 1. The lowest BCUT2D eigenvalue weighted by Gasteiger charge is -2.25. The maximum Gasteiger partial charge on any atom is 0.233 e. The van der Waals surface area contributed by atoms with Crippen molar-refractivity contribution >= 4 is 17.7 Å². The van der Waals surface area contributed by atoms with Gasteiger partial charge in [-0.1, -0.05) is 42.1 Å². The van der Waals surface area contributed by atoms with Crippen LogP contribution >= 0.6 is 11.8 Å². The maximum atomic E-state index is 14.2. The van der Waals surface area contributed by atoms with Crippen LogP contribution in [0.1, 0.15) is 18.5 Å². The fraction of sp³-hybridized carbons (Fsp3) is 0.227. The Morgan fingerprint density at radius 3 is 2.57 bits per heavy atom. The van der Waals surface area contributed by atoms with Gasteiger partial charge in [0.25, 0.3) is 0 Å². The van der Waals surface area contributed by atoms with Gasteiger partial charge in [-0.3, -0.25) is 9.36 Å². The molecule has 0 bridgehead atoms. The molecule has 5 nitrogen and oxygen atoms in total. The molecule has 0 radical (unpaired) electrons. The number of allylic oxidation sites excluding steroid dienone is 1. The Morgan fingerprint density at radius 1 is 1.20 bits per heavy atom. The van der Waals surface area contributed by atoms with Gasteiger partial charge in [0, 0.05) is 13.6 Å². The molecule has 8 heteroatoms. The Labute approximate surface area is 178 Å². The topological polar surface area (TPSA) is 51.0 Å². The van der Waals surface area contributed by atoms with Crippen molar-refractivity contribution < 1.29 is 13.6 Å². The number of hydrogen-bond donors (Lipinski definition) is 0. The molecule has 0 aliphatic heterocycles. The van der Waals surface area contributed by atoms with E-state index in [2.05, 4.69) is 16.8 Å². The molecular weight excluding hydrogens is 406 g/mol. The Balaban J connectivity index is 1.73. The van der Waals surface area contributed by atoms with Gasteiger partial charge in [-0.25, -0.2) is 8.78 Å². The number of hydrogen-bond acceptors (Lipinski definition) is 4. The van der Waals surface area contributed by atoms with E-state index in [1.54, 1.807) is 52.9 Å². The number of carbonyl (C=O) groups is 1. The maximum absolute atomic E-state index is 14.2. The summed E-state index contributed by atoms with van der Waals surface area (Å²) in [5.74, 6) is -0.305. The summed E-state index contributed by atoms with van der Waals surface area (Å²) in [6.07, 6.45) is 1.67. The molecule has 1 heterocycles. The molecular formula is C22H22F2N4OS. The van der Waals surface area contributed by atoms with Gasteiger partial charge < -0.3 is 4.90 Å². The highest BCUT2D eigenvalue weighted by molar-refractivity contribution is 7.99. The van der Waals surface area contributed by atoms with Crippen LogP contribution in [0.15, 0.2) is 66.3 Å². The molecule has 1 unspecified atom stereocenters. The summed E-state index contributed by atoms with van der Waals surface area (Å²) in [5.41, 5.74) is 1.18. The predicted molar refractivity (Wildman–Crippen MR) is 114 cm³/mol. The minimum Gasteiger partial charge on any atom is -0.338 e. The molecule has 0 aliphatic carbocycles. The molecule has 1 aromatic heterocycles. The zero-order valence-corrected chi connectivity index (χ0v) is 17.6. The monoisotopic (exact) mass is 428 g/mol. The van der Waals surface area contributed by atoms with Crippen LogP contribution in [0.4, 0.5) is 8.78 Å². The van der Waals surface area contributed by atoms with Crippen molar-refractivity contribution in [3.63, 3.8) is 0 Å². The minimum atomic E-state index is -0.393. The van der Waals surface area contributed by atoms with Crippen molar-refractivity contribution in [2.75, 3.05) is 12.8 Å². The van der Waals surface area contributed by atoms with E-state index in [4.69, 9.17) is 0 Å². The molecule has 2 aromatic carbocycles. The summed E-state index contributed by atoms with van der Waals surface area (Å²) in [7, 11) is 1.70. The first kappa shape index (κ1) is 21.7. The molecule has 1 amide bonds. The number of benzene rings is 2. The van der Waals surface area contributed by atoms with Crippen LogP contribution in [0, 0.1) is 11.6 Å². The number of rotatable bonds is 8. The van der Waals surface area contributed by atoms with E-state index >= 15 is 0 Å². The summed E-state index contributed by atoms with van der Waals surface area (Å²) in [4.78, 5) is 14.3.